The number of halogens is 7. The van der Waals surface area contributed by atoms with Gasteiger partial charge in [-0.25, -0.2) is 9.78 Å². The minimum absolute atomic E-state index is 0.0307. The molecule has 4 aromatic rings. The molecule has 0 saturated carbocycles. The standard InChI is InChI=1S/C32H30F7N3O3/c1-2-3-16-42-26(27(31(35,36)37)41-28(42)21-8-5-4-6-9-21)18-25(40-19-20-12-14-22(15-13-20)29(43)44)23-10-7-11-24(17-23)45-32(38,39)30(33)34/h4-15,17,25,30,40H,2-3,16,18-19H2,1H3,(H,43,44). The fourth-order valence-electron chi connectivity index (χ4n) is 4.79. The van der Waals surface area contributed by atoms with E-state index in [-0.39, 0.29) is 42.2 Å². The second-order valence-electron chi connectivity index (χ2n) is 10.3. The molecule has 0 aliphatic heterocycles. The van der Waals surface area contributed by atoms with Crippen molar-refractivity contribution in [3.05, 3.63) is 107 Å². The first-order valence-corrected chi connectivity index (χ1v) is 14.0. The summed E-state index contributed by atoms with van der Waals surface area (Å²) in [5, 5.41) is 12.3. The van der Waals surface area contributed by atoms with Crippen LogP contribution < -0.4 is 10.1 Å². The maximum Gasteiger partial charge on any atom is 0.461 e. The predicted molar refractivity (Wildman–Crippen MR) is 152 cm³/mol. The van der Waals surface area contributed by atoms with Gasteiger partial charge in [0.15, 0.2) is 5.69 Å². The van der Waals surface area contributed by atoms with Gasteiger partial charge in [0, 0.05) is 31.1 Å². The molecule has 2 N–H and O–H groups in total. The van der Waals surface area contributed by atoms with Crippen molar-refractivity contribution in [3.8, 4) is 17.1 Å². The number of aromatic carboxylic acids is 1. The van der Waals surface area contributed by atoms with Gasteiger partial charge in [0.2, 0.25) is 0 Å². The van der Waals surface area contributed by atoms with Crippen LogP contribution in [0.15, 0.2) is 78.9 Å². The molecule has 1 aromatic heterocycles. The predicted octanol–water partition coefficient (Wildman–Crippen LogP) is 8.38. The Bertz CT molecular complexity index is 1570. The number of carboxylic acids is 1. The van der Waals surface area contributed by atoms with Crippen molar-refractivity contribution in [1.29, 1.82) is 0 Å². The van der Waals surface area contributed by atoms with E-state index in [1.807, 2.05) is 6.92 Å². The number of hydrogen-bond acceptors (Lipinski definition) is 4. The Balaban J connectivity index is 1.80. The normalized spacial score (nSPS) is 12.8. The zero-order chi connectivity index (χ0) is 32.8. The first-order valence-electron chi connectivity index (χ1n) is 14.0. The van der Waals surface area contributed by atoms with Gasteiger partial charge in [-0.05, 0) is 41.8 Å². The summed E-state index contributed by atoms with van der Waals surface area (Å²) in [6.45, 7) is 2.15. The molecule has 0 spiro atoms. The molecule has 45 heavy (non-hydrogen) atoms. The Hall–Kier alpha value is -4.39. The molecule has 1 unspecified atom stereocenters. The lowest BCUT2D eigenvalue weighted by molar-refractivity contribution is -0.253. The fraction of sp³-hybridized carbons (Fsp3) is 0.312. The summed E-state index contributed by atoms with van der Waals surface area (Å²) in [6.07, 6.45) is -12.8. The third-order valence-corrected chi connectivity index (χ3v) is 7.03. The molecule has 0 amide bonds. The van der Waals surface area contributed by atoms with E-state index >= 15 is 0 Å². The van der Waals surface area contributed by atoms with E-state index in [4.69, 9.17) is 0 Å². The Labute approximate surface area is 254 Å². The number of benzene rings is 3. The van der Waals surface area contributed by atoms with Gasteiger partial charge in [-0.1, -0.05) is 67.9 Å². The van der Waals surface area contributed by atoms with E-state index in [1.54, 1.807) is 30.3 Å². The van der Waals surface area contributed by atoms with E-state index < -0.39 is 42.2 Å². The number of unbranched alkanes of at least 4 members (excludes halogenated alkanes) is 1. The number of nitrogens with one attached hydrogen (secondary N) is 1. The maximum atomic E-state index is 14.5. The van der Waals surface area contributed by atoms with Crippen molar-refractivity contribution in [1.82, 2.24) is 14.9 Å². The highest BCUT2D eigenvalue weighted by Crippen LogP contribution is 2.37. The van der Waals surface area contributed by atoms with Gasteiger partial charge in [-0.3, -0.25) is 0 Å². The molecule has 0 saturated heterocycles. The van der Waals surface area contributed by atoms with Gasteiger partial charge in [0.05, 0.1) is 11.3 Å². The van der Waals surface area contributed by atoms with Gasteiger partial charge >= 0.3 is 24.7 Å². The molecule has 1 heterocycles. The third-order valence-electron chi connectivity index (χ3n) is 7.03. The minimum Gasteiger partial charge on any atom is -0.478 e. The van der Waals surface area contributed by atoms with Crippen LogP contribution in [0.4, 0.5) is 30.7 Å². The summed E-state index contributed by atoms with van der Waals surface area (Å²) in [7, 11) is 0. The second-order valence-corrected chi connectivity index (χ2v) is 10.3. The highest BCUT2D eigenvalue weighted by Gasteiger charge is 2.44. The number of aromatic nitrogens is 2. The van der Waals surface area contributed by atoms with Crippen molar-refractivity contribution in [2.24, 2.45) is 0 Å². The van der Waals surface area contributed by atoms with Crippen LogP contribution in [0.25, 0.3) is 11.4 Å². The number of ether oxygens (including phenoxy) is 1. The largest absolute Gasteiger partial charge is 0.478 e. The molecule has 0 bridgehead atoms. The number of carboxylic acid groups (broad SMARTS) is 1. The lowest BCUT2D eigenvalue weighted by atomic mass is 9.99. The smallest absolute Gasteiger partial charge is 0.461 e. The molecule has 13 heteroatoms. The maximum absolute atomic E-state index is 14.5. The Kier molecular flexibility index (Phi) is 10.5. The average Bonchev–Trinajstić information content (AvgIpc) is 3.37. The molecule has 240 valence electrons. The Morgan fingerprint density at radius 2 is 1.67 bits per heavy atom. The van der Waals surface area contributed by atoms with Crippen molar-refractivity contribution in [2.45, 2.75) is 64.0 Å². The molecule has 4 rings (SSSR count). The number of alkyl halides is 7. The van der Waals surface area contributed by atoms with Crippen molar-refractivity contribution in [2.75, 3.05) is 0 Å². The van der Waals surface area contributed by atoms with E-state index in [2.05, 4.69) is 15.0 Å². The average molecular weight is 638 g/mol. The highest BCUT2D eigenvalue weighted by atomic mass is 19.4. The van der Waals surface area contributed by atoms with Gasteiger partial charge in [0.1, 0.15) is 11.6 Å². The van der Waals surface area contributed by atoms with Crippen LogP contribution >= 0.6 is 0 Å². The number of imidazole rings is 1. The van der Waals surface area contributed by atoms with E-state index in [0.29, 0.717) is 24.0 Å². The van der Waals surface area contributed by atoms with E-state index in [1.165, 1.54) is 41.0 Å². The first kappa shape index (κ1) is 33.5. The molecule has 6 nitrogen and oxygen atoms in total. The van der Waals surface area contributed by atoms with Crippen LogP contribution in [0.2, 0.25) is 0 Å². The van der Waals surface area contributed by atoms with Gasteiger partial charge in [-0.15, -0.1) is 0 Å². The molecule has 3 aromatic carbocycles. The molecule has 0 aliphatic carbocycles. The summed E-state index contributed by atoms with van der Waals surface area (Å²) in [5.41, 5.74) is 0.0187. The summed E-state index contributed by atoms with van der Waals surface area (Å²) < 4.78 is 102. The summed E-state index contributed by atoms with van der Waals surface area (Å²) in [6, 6.07) is 18.0. The number of rotatable bonds is 14. The number of carbonyl (C=O) groups is 1. The molecule has 0 aliphatic rings. The topological polar surface area (TPSA) is 76.4 Å². The van der Waals surface area contributed by atoms with Crippen molar-refractivity contribution in [3.63, 3.8) is 0 Å². The second kappa shape index (κ2) is 14.1. The minimum atomic E-state index is -4.84. The van der Waals surface area contributed by atoms with Crippen LogP contribution in [0.3, 0.4) is 0 Å². The van der Waals surface area contributed by atoms with Gasteiger partial charge in [-0.2, -0.15) is 30.7 Å². The van der Waals surface area contributed by atoms with Crippen LogP contribution in [0, 0.1) is 0 Å². The van der Waals surface area contributed by atoms with Crippen molar-refractivity contribution < 1.29 is 45.4 Å². The van der Waals surface area contributed by atoms with Crippen LogP contribution in [0.5, 0.6) is 5.75 Å². The first-order chi connectivity index (χ1) is 21.3. The molecule has 0 radical (unpaired) electrons. The molecular weight excluding hydrogens is 607 g/mol. The van der Waals surface area contributed by atoms with Crippen molar-refractivity contribution >= 4 is 5.97 Å². The van der Waals surface area contributed by atoms with Gasteiger partial charge in [0.25, 0.3) is 0 Å². The zero-order valence-electron chi connectivity index (χ0n) is 24.0. The van der Waals surface area contributed by atoms with Crippen LogP contribution in [0.1, 0.15) is 58.7 Å². The molecule has 1 atom stereocenters. The summed E-state index contributed by atoms with van der Waals surface area (Å²) in [5.74, 6) is -1.63. The Morgan fingerprint density at radius 3 is 2.27 bits per heavy atom. The molecule has 0 fully saturated rings. The quantitative estimate of drug-likeness (QED) is 0.136. The zero-order valence-corrected chi connectivity index (χ0v) is 24.0. The van der Waals surface area contributed by atoms with Gasteiger partial charge < -0.3 is 19.7 Å². The SMILES string of the molecule is CCCCn1c(-c2ccccc2)nc(C(F)(F)F)c1CC(NCc1ccc(C(=O)O)cc1)c1cccc(OC(F)(F)C(F)F)c1. The fourth-order valence-corrected chi connectivity index (χ4v) is 4.79. The van der Waals surface area contributed by atoms with Crippen LogP contribution in [-0.2, 0) is 25.7 Å². The lowest BCUT2D eigenvalue weighted by Gasteiger charge is -2.23. The highest BCUT2D eigenvalue weighted by molar-refractivity contribution is 5.87. The molecular formula is C32H30F7N3O3. The number of nitrogens with zero attached hydrogens (tertiary/aromatic N) is 2. The monoisotopic (exact) mass is 637 g/mol. The third kappa shape index (κ3) is 8.41. The summed E-state index contributed by atoms with van der Waals surface area (Å²) in [4.78, 5) is 15.3. The Morgan fingerprint density at radius 1 is 0.978 bits per heavy atom. The van der Waals surface area contributed by atoms with Crippen LogP contribution in [-0.4, -0.2) is 33.2 Å². The lowest BCUT2D eigenvalue weighted by Crippen LogP contribution is -2.33. The van der Waals surface area contributed by atoms with E-state index in [0.717, 1.165) is 12.1 Å². The summed E-state index contributed by atoms with van der Waals surface area (Å²) >= 11 is 0. The van der Waals surface area contributed by atoms with E-state index in [9.17, 15) is 40.6 Å². The number of hydrogen-bond donors (Lipinski definition) is 2.